The highest BCUT2D eigenvalue weighted by Gasteiger charge is 2.19. The van der Waals surface area contributed by atoms with E-state index in [1.54, 1.807) is 11.0 Å². The summed E-state index contributed by atoms with van der Waals surface area (Å²) in [5.41, 5.74) is 1.05. The Kier molecular flexibility index (Phi) is 5.14. The fraction of sp³-hybridized carbons (Fsp3) is 0.357. The van der Waals surface area contributed by atoms with E-state index < -0.39 is 5.91 Å². The molecule has 1 aromatic carbocycles. The number of anilines is 1. The molecule has 1 heterocycles. The third kappa shape index (κ3) is 3.94. The molecule has 7 heteroatoms. The molecule has 1 aromatic rings. The molecule has 6 nitrogen and oxygen atoms in total. The third-order valence-corrected chi connectivity index (χ3v) is 3.26. The largest absolute Gasteiger partial charge is 0.378 e. The summed E-state index contributed by atoms with van der Waals surface area (Å²) in [6.45, 7) is 2.02. The number of benzene rings is 1. The van der Waals surface area contributed by atoms with Gasteiger partial charge < -0.3 is 15.0 Å². The highest BCUT2D eigenvalue weighted by atomic mass is 35.5. The summed E-state index contributed by atoms with van der Waals surface area (Å²) in [6, 6.07) is 6.53. The molecule has 1 aliphatic rings. The molecule has 0 atom stereocenters. The third-order valence-electron chi connectivity index (χ3n) is 3.01. The van der Waals surface area contributed by atoms with Gasteiger partial charge in [0.25, 0.3) is 5.91 Å². The topological polar surface area (TPSA) is 82.4 Å². The summed E-state index contributed by atoms with van der Waals surface area (Å²) in [7, 11) is 0. The quantitative estimate of drug-likeness (QED) is 0.851. The molecule has 0 spiro atoms. The zero-order valence-corrected chi connectivity index (χ0v) is 12.0. The van der Waals surface area contributed by atoms with Crippen molar-refractivity contribution in [2.75, 3.05) is 37.5 Å². The van der Waals surface area contributed by atoms with E-state index >= 15 is 0 Å². The Hall–Kier alpha value is -2.10. The van der Waals surface area contributed by atoms with Crippen LogP contribution in [0.4, 0.5) is 5.69 Å². The molecule has 110 valence electrons. The van der Waals surface area contributed by atoms with Gasteiger partial charge in [0.1, 0.15) is 5.88 Å². The number of hydrogen-bond donors (Lipinski definition) is 1. The fourth-order valence-electron chi connectivity index (χ4n) is 2.03. The Labute approximate surface area is 127 Å². The lowest BCUT2D eigenvalue weighted by Gasteiger charge is -2.27. The van der Waals surface area contributed by atoms with E-state index in [0.717, 1.165) is 0 Å². The Morgan fingerprint density at radius 2 is 2.05 bits per heavy atom. The highest BCUT2D eigenvalue weighted by Crippen LogP contribution is 2.17. The second kappa shape index (κ2) is 7.07. The number of carbonyl (C=O) groups is 2. The second-order valence-electron chi connectivity index (χ2n) is 4.50. The van der Waals surface area contributed by atoms with Gasteiger partial charge in [0.05, 0.1) is 24.8 Å². The first kappa shape index (κ1) is 15.3. The molecule has 2 rings (SSSR count). The molecule has 1 saturated heterocycles. The maximum atomic E-state index is 12.4. The van der Waals surface area contributed by atoms with Gasteiger partial charge in [-0.25, -0.2) is 0 Å². The predicted molar refractivity (Wildman–Crippen MR) is 77.2 cm³/mol. The molecule has 2 amide bonds. The van der Waals surface area contributed by atoms with E-state index in [9.17, 15) is 9.59 Å². The Balaban J connectivity index is 2.25. The van der Waals surface area contributed by atoms with Gasteiger partial charge in [-0.3, -0.25) is 9.59 Å². The van der Waals surface area contributed by atoms with Crippen molar-refractivity contribution in [2.45, 2.75) is 0 Å². The number of nitrogens with one attached hydrogen (secondary N) is 1. The molecule has 0 aliphatic carbocycles. The van der Waals surface area contributed by atoms with Crippen molar-refractivity contribution < 1.29 is 14.3 Å². The monoisotopic (exact) mass is 307 g/mol. The lowest BCUT2D eigenvalue weighted by molar-refractivity contribution is -0.113. The van der Waals surface area contributed by atoms with Crippen LogP contribution in [0.1, 0.15) is 15.9 Å². The number of nitriles is 1. The van der Waals surface area contributed by atoms with Crippen LogP contribution >= 0.6 is 11.6 Å². The summed E-state index contributed by atoms with van der Waals surface area (Å²) in [5, 5.41) is 11.6. The van der Waals surface area contributed by atoms with E-state index in [-0.39, 0.29) is 11.8 Å². The number of carbonyl (C=O) groups excluding carboxylic acids is 2. The number of hydrogen-bond acceptors (Lipinski definition) is 4. The van der Waals surface area contributed by atoms with E-state index in [2.05, 4.69) is 5.32 Å². The van der Waals surface area contributed by atoms with Crippen LogP contribution in [0.2, 0.25) is 0 Å². The molecule has 1 fully saturated rings. The Morgan fingerprint density at radius 3 is 2.67 bits per heavy atom. The average Bonchev–Trinajstić information content (AvgIpc) is 2.54. The summed E-state index contributed by atoms with van der Waals surface area (Å²) in [5.74, 6) is -0.767. The Bertz CT molecular complexity index is 592. The predicted octanol–water partition coefficient (Wildman–Crippen LogP) is 1.21. The van der Waals surface area contributed by atoms with Crippen molar-refractivity contribution in [1.29, 1.82) is 5.26 Å². The average molecular weight is 308 g/mol. The van der Waals surface area contributed by atoms with E-state index in [0.29, 0.717) is 43.1 Å². The molecule has 0 aromatic heterocycles. The van der Waals surface area contributed by atoms with Gasteiger partial charge in [-0.05, 0) is 18.2 Å². The summed E-state index contributed by atoms with van der Waals surface area (Å²) >= 11 is 5.43. The van der Waals surface area contributed by atoms with Gasteiger partial charge in [0, 0.05) is 24.3 Å². The lowest BCUT2D eigenvalue weighted by Crippen LogP contribution is -2.40. The maximum absolute atomic E-state index is 12.4. The zero-order valence-electron chi connectivity index (χ0n) is 11.3. The highest BCUT2D eigenvalue weighted by molar-refractivity contribution is 6.29. The number of amides is 2. The van der Waals surface area contributed by atoms with E-state index in [1.165, 1.54) is 12.1 Å². The second-order valence-corrected chi connectivity index (χ2v) is 4.76. The minimum absolute atomic E-state index is 0.184. The van der Waals surface area contributed by atoms with E-state index in [4.69, 9.17) is 21.6 Å². The molecule has 0 bridgehead atoms. The number of morpholine rings is 1. The minimum Gasteiger partial charge on any atom is -0.378 e. The van der Waals surface area contributed by atoms with Gasteiger partial charge in [-0.15, -0.1) is 11.6 Å². The number of rotatable bonds is 3. The van der Waals surface area contributed by atoms with Crippen LogP contribution in [0, 0.1) is 11.3 Å². The van der Waals surface area contributed by atoms with E-state index in [1.807, 2.05) is 6.07 Å². The van der Waals surface area contributed by atoms with Crippen LogP contribution in [0.3, 0.4) is 0 Å². The van der Waals surface area contributed by atoms with Crippen molar-refractivity contribution >= 4 is 29.1 Å². The molecular formula is C14H14ClN3O3. The maximum Gasteiger partial charge on any atom is 0.254 e. The van der Waals surface area contributed by atoms with Crippen molar-refractivity contribution in [2.24, 2.45) is 0 Å². The van der Waals surface area contributed by atoms with Crippen molar-refractivity contribution in [3.05, 3.63) is 29.3 Å². The van der Waals surface area contributed by atoms with Gasteiger partial charge in [-0.2, -0.15) is 5.26 Å². The number of nitrogens with zero attached hydrogens (tertiary/aromatic N) is 2. The normalized spacial score (nSPS) is 14.4. The number of halogens is 1. The first-order chi connectivity index (χ1) is 10.1. The summed E-state index contributed by atoms with van der Waals surface area (Å²) in [4.78, 5) is 25.4. The Morgan fingerprint density at radius 1 is 1.33 bits per heavy atom. The first-order valence-corrected chi connectivity index (χ1v) is 6.95. The van der Waals surface area contributed by atoms with Gasteiger partial charge in [-0.1, -0.05) is 0 Å². The smallest absolute Gasteiger partial charge is 0.254 e. The molecule has 21 heavy (non-hydrogen) atoms. The number of alkyl halides is 1. The molecule has 1 N–H and O–H groups in total. The van der Waals surface area contributed by atoms with Gasteiger partial charge in [0.15, 0.2) is 0 Å². The fourth-order valence-corrected chi connectivity index (χ4v) is 2.10. The molecule has 0 saturated carbocycles. The molecule has 1 aliphatic heterocycles. The van der Waals surface area contributed by atoms with Crippen molar-refractivity contribution in [3.8, 4) is 6.07 Å². The molecular weight excluding hydrogens is 294 g/mol. The first-order valence-electron chi connectivity index (χ1n) is 6.42. The van der Waals surface area contributed by atoms with Crippen molar-refractivity contribution in [1.82, 2.24) is 4.90 Å². The summed E-state index contributed by atoms with van der Waals surface area (Å²) < 4.78 is 5.20. The molecule has 0 radical (unpaired) electrons. The van der Waals surface area contributed by atoms with Crippen LogP contribution in [-0.4, -0.2) is 48.9 Å². The van der Waals surface area contributed by atoms with Crippen LogP contribution in [0.15, 0.2) is 18.2 Å². The van der Waals surface area contributed by atoms with Crippen LogP contribution in [0.5, 0.6) is 0 Å². The van der Waals surface area contributed by atoms with Crippen LogP contribution in [0.25, 0.3) is 0 Å². The van der Waals surface area contributed by atoms with Gasteiger partial charge >= 0.3 is 0 Å². The van der Waals surface area contributed by atoms with Gasteiger partial charge in [0.2, 0.25) is 5.91 Å². The number of ether oxygens (including phenoxy) is 1. The zero-order chi connectivity index (χ0) is 15.2. The lowest BCUT2D eigenvalue weighted by atomic mass is 10.1. The summed E-state index contributed by atoms with van der Waals surface area (Å²) in [6.07, 6.45) is 0. The SMILES string of the molecule is N#Cc1cc(NC(=O)CCl)cc(C(=O)N2CCOCC2)c1. The van der Waals surface area contributed by atoms with Crippen LogP contribution in [-0.2, 0) is 9.53 Å². The van der Waals surface area contributed by atoms with Crippen LogP contribution < -0.4 is 5.32 Å². The van der Waals surface area contributed by atoms with Crippen molar-refractivity contribution in [3.63, 3.8) is 0 Å². The standard InChI is InChI=1S/C14H14ClN3O3/c15-8-13(19)17-12-6-10(9-16)5-11(7-12)14(20)18-1-3-21-4-2-18/h5-7H,1-4,8H2,(H,17,19). The molecule has 0 unspecified atom stereocenters. The minimum atomic E-state index is -0.392.